The zero-order chi connectivity index (χ0) is 13.2. The second-order valence-electron chi connectivity index (χ2n) is 3.90. The molecule has 0 radical (unpaired) electrons. The Balaban J connectivity index is 2.14. The number of rotatable bonds is 2. The molecule has 0 amide bonds. The second kappa shape index (κ2) is 4.53. The van der Waals surface area contributed by atoms with E-state index in [1.807, 2.05) is 24.3 Å². The third-order valence-corrected chi connectivity index (χ3v) is 2.78. The quantitative estimate of drug-likeness (QED) is 0.658. The van der Waals surface area contributed by atoms with Gasteiger partial charge in [-0.25, -0.2) is 14.8 Å². The number of nitrogens with zero attached hydrogens (tertiary/aromatic N) is 2. The van der Waals surface area contributed by atoms with Crippen molar-refractivity contribution < 1.29 is 13.9 Å². The molecule has 0 fully saturated rings. The summed E-state index contributed by atoms with van der Waals surface area (Å²) in [6, 6.07) is 9.36. The molecule has 0 unspecified atom stereocenters. The van der Waals surface area contributed by atoms with Crippen molar-refractivity contribution in [3.63, 3.8) is 0 Å². The van der Waals surface area contributed by atoms with Crippen LogP contribution in [-0.2, 0) is 4.74 Å². The van der Waals surface area contributed by atoms with Crippen LogP contribution in [0.15, 0.2) is 47.2 Å². The van der Waals surface area contributed by atoms with Gasteiger partial charge < -0.3 is 9.15 Å². The summed E-state index contributed by atoms with van der Waals surface area (Å²) in [5.41, 5.74) is 2.22. The highest BCUT2D eigenvalue weighted by Crippen LogP contribution is 2.28. The molecule has 94 valence electrons. The number of aromatic nitrogens is 2. The van der Waals surface area contributed by atoms with E-state index >= 15 is 0 Å². The molecular weight excluding hydrogens is 244 g/mol. The Kier molecular flexibility index (Phi) is 2.72. The zero-order valence-electron chi connectivity index (χ0n) is 10.2. The highest BCUT2D eigenvalue weighted by atomic mass is 16.5. The lowest BCUT2D eigenvalue weighted by Gasteiger charge is -2.00. The number of hydrogen-bond acceptors (Lipinski definition) is 5. The number of hydrogen-bond donors (Lipinski definition) is 0. The summed E-state index contributed by atoms with van der Waals surface area (Å²) in [7, 11) is 1.30. The monoisotopic (exact) mass is 254 g/mol. The molecule has 0 saturated heterocycles. The fourth-order valence-electron chi connectivity index (χ4n) is 1.87. The van der Waals surface area contributed by atoms with Gasteiger partial charge in [0.15, 0.2) is 0 Å². The van der Waals surface area contributed by atoms with E-state index in [2.05, 4.69) is 14.7 Å². The van der Waals surface area contributed by atoms with Crippen LogP contribution in [0.3, 0.4) is 0 Å². The number of benzene rings is 1. The van der Waals surface area contributed by atoms with Crippen molar-refractivity contribution in [2.24, 2.45) is 0 Å². The number of fused-ring (bicyclic) bond motifs is 1. The van der Waals surface area contributed by atoms with E-state index in [9.17, 15) is 4.79 Å². The van der Waals surface area contributed by atoms with Crippen LogP contribution in [0.2, 0.25) is 0 Å². The highest BCUT2D eigenvalue weighted by Gasteiger charge is 2.13. The molecule has 5 heteroatoms. The van der Waals surface area contributed by atoms with Gasteiger partial charge in [-0.05, 0) is 12.1 Å². The lowest BCUT2D eigenvalue weighted by Crippen LogP contribution is -2.07. The summed E-state index contributed by atoms with van der Waals surface area (Å²) in [6.45, 7) is 0. The lowest BCUT2D eigenvalue weighted by molar-refractivity contribution is 0.0587. The van der Waals surface area contributed by atoms with E-state index in [1.165, 1.54) is 13.3 Å². The maximum absolute atomic E-state index is 11.4. The molecule has 5 nitrogen and oxygen atoms in total. The van der Waals surface area contributed by atoms with Crippen molar-refractivity contribution in [2.45, 2.75) is 0 Å². The van der Waals surface area contributed by atoms with Gasteiger partial charge in [0, 0.05) is 17.1 Å². The summed E-state index contributed by atoms with van der Waals surface area (Å²) in [6.07, 6.45) is 3.14. The first-order valence-electron chi connectivity index (χ1n) is 5.67. The van der Waals surface area contributed by atoms with Gasteiger partial charge in [0.05, 0.1) is 12.8 Å². The molecule has 0 aliphatic carbocycles. The van der Waals surface area contributed by atoms with Crippen molar-refractivity contribution in [1.82, 2.24) is 9.97 Å². The van der Waals surface area contributed by atoms with Gasteiger partial charge in [-0.15, -0.1) is 0 Å². The normalized spacial score (nSPS) is 10.6. The minimum Gasteiger partial charge on any atom is -0.464 e. The van der Waals surface area contributed by atoms with Gasteiger partial charge in [-0.2, -0.15) is 0 Å². The van der Waals surface area contributed by atoms with Crippen molar-refractivity contribution in [1.29, 1.82) is 0 Å². The van der Waals surface area contributed by atoms with E-state index in [-0.39, 0.29) is 5.82 Å². The van der Waals surface area contributed by atoms with E-state index in [4.69, 9.17) is 4.42 Å². The third kappa shape index (κ3) is 1.95. The van der Waals surface area contributed by atoms with E-state index in [0.29, 0.717) is 5.69 Å². The predicted molar refractivity (Wildman–Crippen MR) is 68.6 cm³/mol. The summed E-state index contributed by atoms with van der Waals surface area (Å²) in [5.74, 6) is -0.528. The first kappa shape index (κ1) is 11.4. The largest absolute Gasteiger partial charge is 0.464 e. The van der Waals surface area contributed by atoms with Crippen LogP contribution in [0.1, 0.15) is 10.6 Å². The number of furan rings is 1. The molecule has 3 rings (SSSR count). The summed E-state index contributed by atoms with van der Waals surface area (Å²) >= 11 is 0. The number of carbonyl (C=O) groups excluding carboxylic acids is 1. The van der Waals surface area contributed by atoms with Crippen LogP contribution in [0.5, 0.6) is 0 Å². The molecule has 0 aliphatic heterocycles. The van der Waals surface area contributed by atoms with Gasteiger partial charge >= 0.3 is 5.97 Å². The smallest absolute Gasteiger partial charge is 0.376 e. The molecule has 2 heterocycles. The van der Waals surface area contributed by atoms with Crippen molar-refractivity contribution in [3.05, 3.63) is 48.6 Å². The van der Waals surface area contributed by atoms with Crippen molar-refractivity contribution in [2.75, 3.05) is 7.11 Å². The third-order valence-electron chi connectivity index (χ3n) is 2.78. The fourth-order valence-corrected chi connectivity index (χ4v) is 1.87. The van der Waals surface area contributed by atoms with Gasteiger partial charge in [-0.3, -0.25) is 0 Å². The van der Waals surface area contributed by atoms with Gasteiger partial charge in [-0.1, -0.05) is 18.2 Å². The molecular formula is C14H10N2O3. The Morgan fingerprint density at radius 1 is 1.26 bits per heavy atom. The number of para-hydroxylation sites is 1. The van der Waals surface area contributed by atoms with Crippen LogP contribution in [0.4, 0.5) is 0 Å². The SMILES string of the molecule is COC(=O)c1nccc(-c2coc3ccccc23)n1. The Bertz CT molecular complexity index is 749. The standard InChI is InChI=1S/C14H10N2O3/c1-18-14(17)13-15-7-6-11(16-13)10-8-19-12-5-3-2-4-9(10)12/h2-8H,1H3. The molecule has 3 aromatic rings. The first-order valence-corrected chi connectivity index (χ1v) is 5.67. The lowest BCUT2D eigenvalue weighted by atomic mass is 10.1. The molecule has 0 aliphatic rings. The molecule has 19 heavy (non-hydrogen) atoms. The molecule has 0 atom stereocenters. The molecule has 2 aromatic heterocycles. The Labute approximate surface area is 108 Å². The average Bonchev–Trinajstić information content (AvgIpc) is 2.90. The van der Waals surface area contributed by atoms with Crippen LogP contribution in [-0.4, -0.2) is 23.0 Å². The van der Waals surface area contributed by atoms with Crippen LogP contribution in [0.25, 0.3) is 22.2 Å². The maximum Gasteiger partial charge on any atom is 0.376 e. The topological polar surface area (TPSA) is 65.2 Å². The minimum absolute atomic E-state index is 0.0327. The van der Waals surface area contributed by atoms with Crippen LogP contribution >= 0.6 is 0 Å². The summed E-state index contributed by atoms with van der Waals surface area (Å²) in [4.78, 5) is 19.5. The van der Waals surface area contributed by atoms with Gasteiger partial charge in [0.25, 0.3) is 0 Å². The van der Waals surface area contributed by atoms with E-state index < -0.39 is 5.97 Å². The zero-order valence-corrected chi connectivity index (χ0v) is 10.2. The molecule has 0 bridgehead atoms. The van der Waals surface area contributed by atoms with Crippen molar-refractivity contribution >= 4 is 16.9 Å². The van der Waals surface area contributed by atoms with E-state index in [1.54, 1.807) is 12.3 Å². The van der Waals surface area contributed by atoms with Crippen LogP contribution in [0, 0.1) is 0 Å². The molecule has 0 spiro atoms. The number of carbonyl (C=O) groups is 1. The average molecular weight is 254 g/mol. The van der Waals surface area contributed by atoms with Gasteiger partial charge in [0.2, 0.25) is 5.82 Å². The summed E-state index contributed by atoms with van der Waals surface area (Å²) in [5, 5.41) is 0.942. The van der Waals surface area contributed by atoms with Crippen LogP contribution < -0.4 is 0 Å². The van der Waals surface area contributed by atoms with Crippen molar-refractivity contribution in [3.8, 4) is 11.3 Å². The summed E-state index contributed by atoms with van der Waals surface area (Å²) < 4.78 is 10.1. The second-order valence-corrected chi connectivity index (χ2v) is 3.90. The Morgan fingerprint density at radius 3 is 2.95 bits per heavy atom. The highest BCUT2D eigenvalue weighted by molar-refractivity contribution is 5.93. The molecule has 0 saturated carbocycles. The number of methoxy groups -OCH3 is 1. The number of ether oxygens (including phenoxy) is 1. The van der Waals surface area contributed by atoms with Gasteiger partial charge in [0.1, 0.15) is 11.8 Å². The fraction of sp³-hybridized carbons (Fsp3) is 0.0714. The Hall–Kier alpha value is -2.69. The molecule has 1 aromatic carbocycles. The van der Waals surface area contributed by atoms with E-state index in [0.717, 1.165) is 16.5 Å². The maximum atomic E-state index is 11.4. The molecule has 0 N–H and O–H groups in total. The first-order chi connectivity index (χ1) is 9.29. The number of esters is 1. The predicted octanol–water partition coefficient (Wildman–Crippen LogP) is 2.68. The minimum atomic E-state index is -0.561. The Morgan fingerprint density at radius 2 is 2.11 bits per heavy atom.